The van der Waals surface area contributed by atoms with Gasteiger partial charge in [-0.2, -0.15) is 0 Å². The highest BCUT2D eigenvalue weighted by Gasteiger charge is 2.07. The summed E-state index contributed by atoms with van der Waals surface area (Å²) in [6, 6.07) is 5.84. The van der Waals surface area contributed by atoms with Crippen LogP contribution in [0, 0.1) is 13.8 Å². The van der Waals surface area contributed by atoms with Crippen LogP contribution in [0.5, 0.6) is 11.5 Å². The average molecular weight is 476 g/mol. The van der Waals surface area contributed by atoms with E-state index in [2.05, 4.69) is 27.5 Å². The van der Waals surface area contributed by atoms with Gasteiger partial charge in [0.2, 0.25) is 0 Å². The van der Waals surface area contributed by atoms with E-state index < -0.39 is 0 Å². The Balaban J connectivity index is 0.00000312. The normalized spacial score (nSPS) is 10.8. The van der Waals surface area contributed by atoms with Gasteiger partial charge in [-0.15, -0.1) is 35.3 Å². The number of aromatic nitrogens is 1. The summed E-state index contributed by atoms with van der Waals surface area (Å²) in [5, 5.41) is 7.62. The number of hydrogen-bond acceptors (Lipinski definition) is 5. The number of methoxy groups -OCH3 is 2. The lowest BCUT2D eigenvalue weighted by Gasteiger charge is -2.13. The molecular formula is C17H25IN4O2S. The van der Waals surface area contributed by atoms with E-state index in [-0.39, 0.29) is 24.0 Å². The fourth-order valence-electron chi connectivity index (χ4n) is 2.17. The van der Waals surface area contributed by atoms with Crippen molar-refractivity contribution in [2.45, 2.75) is 26.9 Å². The van der Waals surface area contributed by atoms with E-state index in [0.29, 0.717) is 18.8 Å². The summed E-state index contributed by atoms with van der Waals surface area (Å²) in [7, 11) is 5.01. The monoisotopic (exact) mass is 476 g/mol. The first-order chi connectivity index (χ1) is 11.6. The maximum Gasteiger partial charge on any atom is 0.191 e. The largest absolute Gasteiger partial charge is 0.493 e. The molecule has 0 aliphatic rings. The van der Waals surface area contributed by atoms with Crippen LogP contribution in [0.15, 0.2) is 23.2 Å². The second-order valence-corrected chi connectivity index (χ2v) is 6.51. The molecule has 2 rings (SSSR count). The predicted molar refractivity (Wildman–Crippen MR) is 114 cm³/mol. The number of nitrogens with zero attached hydrogens (tertiary/aromatic N) is 2. The lowest BCUT2D eigenvalue weighted by molar-refractivity contribution is 0.354. The van der Waals surface area contributed by atoms with Crippen LogP contribution in [0.3, 0.4) is 0 Å². The quantitative estimate of drug-likeness (QED) is 0.381. The van der Waals surface area contributed by atoms with Crippen LogP contribution in [0.4, 0.5) is 0 Å². The van der Waals surface area contributed by atoms with Crippen molar-refractivity contribution in [1.82, 2.24) is 15.6 Å². The molecule has 25 heavy (non-hydrogen) atoms. The average Bonchev–Trinajstić information content (AvgIpc) is 2.92. The summed E-state index contributed by atoms with van der Waals surface area (Å²) in [6.45, 7) is 5.40. The van der Waals surface area contributed by atoms with E-state index in [1.807, 2.05) is 25.1 Å². The van der Waals surface area contributed by atoms with Crippen LogP contribution in [-0.4, -0.2) is 32.2 Å². The first-order valence-electron chi connectivity index (χ1n) is 7.65. The number of nitrogens with one attached hydrogen (secondary N) is 2. The second-order valence-electron chi connectivity index (χ2n) is 5.22. The fraction of sp³-hybridized carbons (Fsp3) is 0.412. The number of benzene rings is 1. The number of hydrogen-bond donors (Lipinski definition) is 2. The zero-order valence-electron chi connectivity index (χ0n) is 15.2. The minimum Gasteiger partial charge on any atom is -0.493 e. The Morgan fingerprint density at radius 3 is 2.36 bits per heavy atom. The van der Waals surface area contributed by atoms with Gasteiger partial charge in [0.1, 0.15) is 5.01 Å². The van der Waals surface area contributed by atoms with E-state index in [1.165, 1.54) is 4.88 Å². The zero-order chi connectivity index (χ0) is 17.5. The Kier molecular flexibility index (Phi) is 8.98. The van der Waals surface area contributed by atoms with Crippen LogP contribution in [0.2, 0.25) is 0 Å². The number of aryl methyl sites for hydroxylation is 2. The molecular weight excluding hydrogens is 451 g/mol. The van der Waals surface area contributed by atoms with Crippen LogP contribution in [0.25, 0.3) is 0 Å². The predicted octanol–water partition coefficient (Wildman–Crippen LogP) is 3.26. The van der Waals surface area contributed by atoms with Crippen molar-refractivity contribution >= 4 is 41.3 Å². The van der Waals surface area contributed by atoms with Crippen LogP contribution in [-0.2, 0) is 13.1 Å². The number of ether oxygens (including phenoxy) is 2. The third-order valence-electron chi connectivity index (χ3n) is 3.61. The molecule has 0 radical (unpaired) electrons. The SMILES string of the molecule is CN=C(NCc1ccc(OC)c(OC)c1)NCc1nc(C)c(C)s1.I. The highest BCUT2D eigenvalue weighted by atomic mass is 127. The molecule has 1 heterocycles. The molecule has 2 N–H and O–H groups in total. The number of halogens is 1. The molecule has 0 spiro atoms. The van der Waals surface area contributed by atoms with Crippen LogP contribution >= 0.6 is 35.3 Å². The van der Waals surface area contributed by atoms with Crippen molar-refractivity contribution < 1.29 is 9.47 Å². The third-order valence-corrected chi connectivity index (χ3v) is 4.68. The van der Waals surface area contributed by atoms with Gasteiger partial charge in [-0.1, -0.05) is 6.07 Å². The van der Waals surface area contributed by atoms with Gasteiger partial charge in [0.05, 0.1) is 26.5 Å². The first-order valence-corrected chi connectivity index (χ1v) is 8.47. The topological polar surface area (TPSA) is 67.8 Å². The van der Waals surface area contributed by atoms with Crippen molar-refractivity contribution in [2.24, 2.45) is 4.99 Å². The first kappa shape index (κ1) is 21.5. The number of thiazole rings is 1. The maximum atomic E-state index is 5.32. The summed E-state index contributed by atoms with van der Waals surface area (Å²) >= 11 is 1.70. The number of aliphatic imine (C=N–C) groups is 1. The fourth-order valence-corrected chi connectivity index (χ4v) is 3.04. The van der Waals surface area contributed by atoms with Crippen molar-refractivity contribution in [1.29, 1.82) is 0 Å². The Labute approximate surface area is 170 Å². The Bertz CT molecular complexity index is 699. The summed E-state index contributed by atoms with van der Waals surface area (Å²) in [6.07, 6.45) is 0. The molecule has 1 aromatic carbocycles. The van der Waals surface area contributed by atoms with Crippen molar-refractivity contribution in [3.05, 3.63) is 39.3 Å². The molecule has 0 saturated heterocycles. The van der Waals surface area contributed by atoms with Crippen LogP contribution < -0.4 is 20.1 Å². The van der Waals surface area contributed by atoms with Gasteiger partial charge in [-0.05, 0) is 31.5 Å². The van der Waals surface area contributed by atoms with Gasteiger partial charge in [0.15, 0.2) is 17.5 Å². The smallest absolute Gasteiger partial charge is 0.191 e. The van der Waals surface area contributed by atoms with Gasteiger partial charge in [0, 0.05) is 18.5 Å². The van der Waals surface area contributed by atoms with Crippen molar-refractivity contribution in [3.63, 3.8) is 0 Å². The molecule has 0 saturated carbocycles. The van der Waals surface area contributed by atoms with E-state index in [0.717, 1.165) is 28.0 Å². The summed E-state index contributed by atoms with van der Waals surface area (Å²) in [5.41, 5.74) is 2.17. The lowest BCUT2D eigenvalue weighted by atomic mass is 10.2. The molecule has 0 fully saturated rings. The molecule has 6 nitrogen and oxygen atoms in total. The Morgan fingerprint density at radius 1 is 1.12 bits per heavy atom. The van der Waals surface area contributed by atoms with Gasteiger partial charge >= 0.3 is 0 Å². The minimum atomic E-state index is 0. The minimum absolute atomic E-state index is 0. The van der Waals surface area contributed by atoms with E-state index >= 15 is 0 Å². The molecule has 0 bridgehead atoms. The van der Waals surface area contributed by atoms with Gasteiger partial charge < -0.3 is 20.1 Å². The molecule has 0 amide bonds. The molecule has 1 aromatic heterocycles. The molecule has 0 aliphatic heterocycles. The number of rotatable bonds is 6. The van der Waals surface area contributed by atoms with Gasteiger partial charge in [-0.25, -0.2) is 4.98 Å². The van der Waals surface area contributed by atoms with Crippen LogP contribution in [0.1, 0.15) is 21.1 Å². The van der Waals surface area contributed by atoms with Crippen molar-refractivity contribution in [3.8, 4) is 11.5 Å². The highest BCUT2D eigenvalue weighted by molar-refractivity contribution is 14.0. The number of guanidine groups is 1. The summed E-state index contributed by atoms with van der Waals surface area (Å²) in [4.78, 5) is 10.0. The molecule has 0 unspecified atom stereocenters. The maximum absolute atomic E-state index is 5.32. The molecule has 0 aliphatic carbocycles. The Hall–Kier alpha value is -1.55. The summed E-state index contributed by atoms with van der Waals surface area (Å²) < 4.78 is 10.6. The standard InChI is InChI=1S/C17H24N4O2S.HI/c1-11-12(2)24-16(21-11)10-20-17(18-3)19-9-13-6-7-14(22-4)15(8-13)23-5;/h6-8H,9-10H2,1-5H3,(H2,18,19,20);1H. The highest BCUT2D eigenvalue weighted by Crippen LogP contribution is 2.27. The van der Waals surface area contributed by atoms with E-state index in [1.54, 1.807) is 32.6 Å². The zero-order valence-corrected chi connectivity index (χ0v) is 18.3. The molecule has 2 aromatic rings. The van der Waals surface area contributed by atoms with E-state index in [4.69, 9.17) is 9.47 Å². The molecule has 8 heteroatoms. The summed E-state index contributed by atoms with van der Waals surface area (Å²) in [5.74, 6) is 2.17. The van der Waals surface area contributed by atoms with Gasteiger partial charge in [0.25, 0.3) is 0 Å². The molecule has 138 valence electrons. The van der Waals surface area contributed by atoms with Crippen molar-refractivity contribution in [2.75, 3.05) is 21.3 Å². The second kappa shape index (κ2) is 10.4. The van der Waals surface area contributed by atoms with Gasteiger partial charge in [-0.3, -0.25) is 4.99 Å². The molecule has 0 atom stereocenters. The lowest BCUT2D eigenvalue weighted by Crippen LogP contribution is -2.36. The third kappa shape index (κ3) is 6.03. The van der Waals surface area contributed by atoms with E-state index in [9.17, 15) is 0 Å². The Morgan fingerprint density at radius 2 is 1.80 bits per heavy atom.